The van der Waals surface area contributed by atoms with Gasteiger partial charge in [-0.3, -0.25) is 14.9 Å². The lowest BCUT2D eigenvalue weighted by Crippen LogP contribution is -2.28. The van der Waals surface area contributed by atoms with E-state index in [0.29, 0.717) is 12.0 Å². The van der Waals surface area contributed by atoms with Gasteiger partial charge in [-0.2, -0.15) is 0 Å². The normalized spacial score (nSPS) is 17.6. The largest absolute Gasteiger partial charge is 0.466 e. The van der Waals surface area contributed by atoms with Gasteiger partial charge in [0.15, 0.2) is 0 Å². The van der Waals surface area contributed by atoms with Gasteiger partial charge in [0.2, 0.25) is 0 Å². The molecule has 120 valence electrons. The minimum atomic E-state index is -0.977. The van der Waals surface area contributed by atoms with Gasteiger partial charge in [0.05, 0.1) is 23.5 Å². The number of rotatable bonds is 4. The Labute approximate surface area is 136 Å². The summed E-state index contributed by atoms with van der Waals surface area (Å²) in [7, 11) is 1.19. The molecule has 0 saturated carbocycles. The van der Waals surface area contributed by atoms with Crippen LogP contribution in [0.2, 0.25) is 0 Å². The molecule has 0 spiro atoms. The average molecular weight is 337 g/mol. The van der Waals surface area contributed by atoms with Gasteiger partial charge in [0, 0.05) is 22.9 Å². The number of allylic oxidation sites excluding steroid dienone is 2. The standard InChI is InChI=1S/C15H13ClN2O5/c1-8-12(15(20)23-2)13(10(7-19)14(16)17-8)9-5-3-4-6-11(9)18(21)22/h3-7,13,17H,1-2H3. The van der Waals surface area contributed by atoms with Crippen LogP contribution in [-0.4, -0.2) is 24.3 Å². The first kappa shape index (κ1) is 16.7. The molecule has 1 aromatic rings. The van der Waals surface area contributed by atoms with Crippen LogP contribution < -0.4 is 5.32 Å². The highest BCUT2D eigenvalue weighted by molar-refractivity contribution is 6.31. The van der Waals surface area contributed by atoms with E-state index in [1.807, 2.05) is 0 Å². The topological polar surface area (TPSA) is 98.5 Å². The fraction of sp³-hybridized carbons (Fsp3) is 0.200. The lowest BCUT2D eigenvalue weighted by atomic mass is 9.82. The van der Waals surface area contributed by atoms with Crippen molar-refractivity contribution in [2.24, 2.45) is 0 Å². The van der Waals surface area contributed by atoms with Crippen LogP contribution in [0.5, 0.6) is 0 Å². The third kappa shape index (κ3) is 2.95. The molecule has 8 heteroatoms. The predicted molar refractivity (Wildman–Crippen MR) is 82.6 cm³/mol. The van der Waals surface area contributed by atoms with Crippen molar-refractivity contribution in [3.8, 4) is 0 Å². The fourth-order valence-corrected chi connectivity index (χ4v) is 2.82. The molecule has 23 heavy (non-hydrogen) atoms. The van der Waals surface area contributed by atoms with Crippen LogP contribution in [0.4, 0.5) is 5.69 Å². The van der Waals surface area contributed by atoms with Gasteiger partial charge >= 0.3 is 5.97 Å². The van der Waals surface area contributed by atoms with Gasteiger partial charge in [-0.15, -0.1) is 0 Å². The third-order valence-corrected chi connectivity index (χ3v) is 3.84. The van der Waals surface area contributed by atoms with Crippen LogP contribution in [0, 0.1) is 10.1 Å². The zero-order chi connectivity index (χ0) is 17.1. The molecule has 1 N–H and O–H groups in total. The molecule has 1 aromatic carbocycles. The molecule has 0 saturated heterocycles. The molecular formula is C15H13ClN2O5. The Morgan fingerprint density at radius 1 is 1.43 bits per heavy atom. The number of dihydropyridines is 1. The summed E-state index contributed by atoms with van der Waals surface area (Å²) in [6.45, 7) is 1.58. The van der Waals surface area contributed by atoms with E-state index in [1.165, 1.54) is 25.3 Å². The summed E-state index contributed by atoms with van der Waals surface area (Å²) >= 11 is 6.05. The number of ether oxygens (including phenoxy) is 1. The number of nitrogens with zero attached hydrogens (tertiary/aromatic N) is 1. The van der Waals surface area contributed by atoms with Crippen molar-refractivity contribution >= 4 is 29.5 Å². The molecule has 1 atom stereocenters. The Bertz CT molecular complexity index is 754. The first-order valence-corrected chi connectivity index (χ1v) is 6.94. The Hall–Kier alpha value is -2.67. The van der Waals surface area contributed by atoms with Crippen LogP contribution in [0.3, 0.4) is 0 Å². The Morgan fingerprint density at radius 3 is 2.65 bits per heavy atom. The monoisotopic (exact) mass is 336 g/mol. The van der Waals surface area contributed by atoms with E-state index >= 15 is 0 Å². The first-order valence-electron chi connectivity index (χ1n) is 6.56. The number of halogens is 1. The second-order valence-corrected chi connectivity index (χ2v) is 5.17. The molecule has 7 nitrogen and oxygen atoms in total. The molecule has 0 aromatic heterocycles. The van der Waals surface area contributed by atoms with Gasteiger partial charge in [0.25, 0.3) is 5.69 Å². The van der Waals surface area contributed by atoms with Crippen molar-refractivity contribution in [1.29, 1.82) is 0 Å². The third-order valence-electron chi connectivity index (χ3n) is 3.53. The van der Waals surface area contributed by atoms with Crippen molar-refractivity contribution in [3.05, 3.63) is 61.9 Å². The Morgan fingerprint density at radius 2 is 2.09 bits per heavy atom. The molecule has 0 fully saturated rings. The molecule has 0 aliphatic carbocycles. The number of carbonyl (C=O) groups excluding carboxylic acids is 2. The lowest BCUT2D eigenvalue weighted by molar-refractivity contribution is -0.385. The number of para-hydroxylation sites is 1. The molecule has 1 heterocycles. The van der Waals surface area contributed by atoms with Crippen LogP contribution in [0.15, 0.2) is 46.3 Å². The molecule has 0 bridgehead atoms. The maximum absolute atomic E-state index is 12.1. The summed E-state index contributed by atoms with van der Waals surface area (Å²) in [6, 6.07) is 5.88. The van der Waals surface area contributed by atoms with E-state index in [-0.39, 0.29) is 27.6 Å². The van der Waals surface area contributed by atoms with E-state index in [9.17, 15) is 19.7 Å². The minimum absolute atomic E-state index is 0.0216. The maximum atomic E-state index is 12.1. The van der Waals surface area contributed by atoms with E-state index in [4.69, 9.17) is 16.3 Å². The van der Waals surface area contributed by atoms with Gasteiger partial charge in [-0.05, 0) is 6.92 Å². The zero-order valence-electron chi connectivity index (χ0n) is 12.3. The second kappa shape index (κ2) is 6.62. The molecule has 1 aliphatic rings. The number of carbonyl (C=O) groups is 2. The van der Waals surface area contributed by atoms with E-state index < -0.39 is 16.8 Å². The van der Waals surface area contributed by atoms with Crippen molar-refractivity contribution in [3.63, 3.8) is 0 Å². The fourth-order valence-electron chi connectivity index (χ4n) is 2.52. The van der Waals surface area contributed by atoms with Gasteiger partial charge < -0.3 is 10.1 Å². The van der Waals surface area contributed by atoms with Crippen molar-refractivity contribution in [2.45, 2.75) is 12.8 Å². The van der Waals surface area contributed by atoms with Gasteiger partial charge in [-0.1, -0.05) is 29.8 Å². The van der Waals surface area contributed by atoms with Crippen LogP contribution in [-0.2, 0) is 14.3 Å². The molecule has 0 amide bonds. The summed E-state index contributed by atoms with van der Waals surface area (Å²) in [5.74, 6) is -1.67. The number of methoxy groups -OCH3 is 1. The highest BCUT2D eigenvalue weighted by Crippen LogP contribution is 2.41. The molecule has 2 rings (SSSR count). The predicted octanol–water partition coefficient (Wildman–Crippen LogP) is 2.38. The molecule has 1 unspecified atom stereocenters. The highest BCUT2D eigenvalue weighted by atomic mass is 35.5. The van der Waals surface area contributed by atoms with Crippen molar-refractivity contribution in [1.82, 2.24) is 5.32 Å². The average Bonchev–Trinajstić information content (AvgIpc) is 2.53. The molecule has 1 aliphatic heterocycles. The van der Waals surface area contributed by atoms with E-state index in [0.717, 1.165) is 0 Å². The Balaban J connectivity index is 2.76. The van der Waals surface area contributed by atoms with Crippen LogP contribution in [0.25, 0.3) is 0 Å². The number of benzene rings is 1. The first-order chi connectivity index (χ1) is 10.9. The summed E-state index contributed by atoms with van der Waals surface area (Å²) in [6.07, 6.45) is 0.478. The summed E-state index contributed by atoms with van der Waals surface area (Å²) in [4.78, 5) is 34.3. The number of hydrogen-bond acceptors (Lipinski definition) is 6. The maximum Gasteiger partial charge on any atom is 0.336 e. The zero-order valence-corrected chi connectivity index (χ0v) is 13.1. The molecular weight excluding hydrogens is 324 g/mol. The van der Waals surface area contributed by atoms with E-state index in [1.54, 1.807) is 13.0 Å². The van der Waals surface area contributed by atoms with E-state index in [2.05, 4.69) is 5.32 Å². The number of nitrogens with one attached hydrogen (secondary N) is 1. The SMILES string of the molecule is COC(=O)C1=C(C)NC(Cl)=C(C=O)C1c1ccccc1[N+](=O)[O-]. The summed E-state index contributed by atoms with van der Waals surface area (Å²) in [5.41, 5.74) is 0.493. The second-order valence-electron chi connectivity index (χ2n) is 4.79. The lowest BCUT2D eigenvalue weighted by Gasteiger charge is -2.27. The number of nitro groups is 1. The molecule has 0 radical (unpaired) electrons. The van der Waals surface area contributed by atoms with Gasteiger partial charge in [0.1, 0.15) is 11.4 Å². The minimum Gasteiger partial charge on any atom is -0.466 e. The summed E-state index contributed by atoms with van der Waals surface area (Å²) < 4.78 is 4.75. The van der Waals surface area contributed by atoms with Gasteiger partial charge in [-0.25, -0.2) is 4.79 Å². The smallest absolute Gasteiger partial charge is 0.336 e. The van der Waals surface area contributed by atoms with Crippen molar-refractivity contribution in [2.75, 3.05) is 7.11 Å². The quantitative estimate of drug-likeness (QED) is 0.298. The highest BCUT2D eigenvalue weighted by Gasteiger charge is 2.37. The van der Waals surface area contributed by atoms with Crippen molar-refractivity contribution < 1.29 is 19.2 Å². The van der Waals surface area contributed by atoms with Crippen LogP contribution in [0.1, 0.15) is 18.4 Å². The number of hydrogen-bond donors (Lipinski definition) is 1. The Kier molecular flexibility index (Phi) is 4.80. The number of aldehydes is 1. The number of nitro benzene ring substituents is 1. The summed E-state index contributed by atoms with van der Waals surface area (Å²) in [5, 5.41) is 14.0. The number of esters is 1. The van der Waals surface area contributed by atoms with Crippen LogP contribution >= 0.6 is 11.6 Å².